The van der Waals surface area contributed by atoms with Crippen LogP contribution in [0.25, 0.3) is 0 Å². The number of aliphatic hydroxyl groups is 1. The van der Waals surface area contributed by atoms with Crippen molar-refractivity contribution >= 4 is 0 Å². The van der Waals surface area contributed by atoms with Gasteiger partial charge >= 0.3 is 0 Å². The van der Waals surface area contributed by atoms with Gasteiger partial charge in [0, 0.05) is 0 Å². The molecule has 0 radical (unpaired) electrons. The van der Waals surface area contributed by atoms with E-state index >= 15 is 0 Å². The van der Waals surface area contributed by atoms with Crippen LogP contribution in [0.2, 0.25) is 0 Å². The Morgan fingerprint density at radius 2 is 1.77 bits per heavy atom. The summed E-state index contributed by atoms with van der Waals surface area (Å²) in [5.41, 5.74) is 2.62. The summed E-state index contributed by atoms with van der Waals surface area (Å²) >= 11 is 0. The summed E-state index contributed by atoms with van der Waals surface area (Å²) in [7, 11) is 0. The van der Waals surface area contributed by atoms with Gasteiger partial charge in [0.05, 0.1) is 6.10 Å². The first-order valence-electron chi connectivity index (χ1n) is 13.8. The summed E-state index contributed by atoms with van der Waals surface area (Å²) in [5, 5.41) is 10.2. The molecule has 4 saturated carbocycles. The highest BCUT2D eigenvalue weighted by molar-refractivity contribution is 5.25. The average molecular weight is 413 g/mol. The number of allylic oxidation sites excluding steroid dienone is 1. The highest BCUT2D eigenvalue weighted by atomic mass is 16.3. The van der Waals surface area contributed by atoms with E-state index in [9.17, 15) is 5.11 Å². The molecule has 0 saturated heterocycles. The average Bonchev–Trinajstić information content (AvgIpc) is 3.10. The van der Waals surface area contributed by atoms with Gasteiger partial charge in [0.1, 0.15) is 0 Å². The third-order valence-corrected chi connectivity index (χ3v) is 11.6. The Morgan fingerprint density at radius 3 is 2.57 bits per heavy atom. The van der Waals surface area contributed by atoms with E-state index in [1.165, 1.54) is 83.5 Å². The van der Waals surface area contributed by atoms with Crippen molar-refractivity contribution in [1.29, 1.82) is 0 Å². The van der Waals surface area contributed by atoms with Gasteiger partial charge in [0.2, 0.25) is 0 Å². The van der Waals surface area contributed by atoms with Crippen molar-refractivity contribution in [3.8, 4) is 0 Å². The van der Waals surface area contributed by atoms with Crippen molar-refractivity contribution in [2.24, 2.45) is 46.3 Å². The number of hydrogen-bond acceptors (Lipinski definition) is 1. The van der Waals surface area contributed by atoms with Crippen molar-refractivity contribution in [2.45, 2.75) is 123 Å². The van der Waals surface area contributed by atoms with Crippen molar-refractivity contribution in [3.63, 3.8) is 0 Å². The van der Waals surface area contributed by atoms with Crippen LogP contribution in [-0.4, -0.2) is 11.2 Å². The maximum Gasteiger partial charge on any atom is 0.0577 e. The lowest BCUT2D eigenvalue weighted by Gasteiger charge is -2.58. The summed E-state index contributed by atoms with van der Waals surface area (Å²) in [5.74, 6) is 5.71. The van der Waals surface area contributed by atoms with Gasteiger partial charge in [-0.05, 0) is 97.7 Å². The highest BCUT2D eigenvalue weighted by Crippen LogP contribution is 2.67. The molecule has 5 aliphatic carbocycles. The predicted octanol–water partition coefficient (Wildman–Crippen LogP) is 7.92. The van der Waals surface area contributed by atoms with Crippen LogP contribution >= 0.6 is 0 Å². The molecule has 1 nitrogen and oxygen atoms in total. The number of rotatable bonds is 4. The van der Waals surface area contributed by atoms with Crippen molar-refractivity contribution in [1.82, 2.24) is 0 Å². The number of hydrogen-bond donors (Lipinski definition) is 1. The van der Waals surface area contributed by atoms with E-state index in [2.05, 4.69) is 26.8 Å². The molecule has 0 heterocycles. The van der Waals surface area contributed by atoms with Crippen LogP contribution in [0.1, 0.15) is 117 Å². The zero-order valence-electron chi connectivity index (χ0n) is 20.2. The van der Waals surface area contributed by atoms with Crippen LogP contribution < -0.4 is 0 Å². The second-order valence-corrected chi connectivity index (χ2v) is 12.9. The van der Waals surface area contributed by atoms with E-state index in [-0.39, 0.29) is 6.10 Å². The highest BCUT2D eigenvalue weighted by Gasteiger charge is 2.59. The smallest absolute Gasteiger partial charge is 0.0577 e. The maximum atomic E-state index is 10.2. The molecule has 8 atom stereocenters. The Bertz CT molecular complexity index is 645. The van der Waals surface area contributed by atoms with Crippen LogP contribution in [0.15, 0.2) is 11.6 Å². The summed E-state index contributed by atoms with van der Waals surface area (Å²) in [6.45, 7) is 7.91. The summed E-state index contributed by atoms with van der Waals surface area (Å²) < 4.78 is 0. The lowest BCUT2D eigenvalue weighted by Crippen LogP contribution is -2.50. The lowest BCUT2D eigenvalue weighted by molar-refractivity contribution is -0.0575. The summed E-state index contributed by atoms with van der Waals surface area (Å²) in [6, 6.07) is 0. The standard InChI is InChI=1S/C29H48O/c1-20(9-10-21-7-5-4-6-8-21)25-13-14-26-24-12-11-22-19-23(30)15-17-28(22,2)27(24)16-18-29(25,26)3/h11,20-21,23-27,30H,4-10,12-19H2,1-3H3/t20-,23+,24+,25-,26+,27+,28+,29-/m1/s1. The predicted molar refractivity (Wildman–Crippen MR) is 126 cm³/mol. The summed E-state index contributed by atoms with van der Waals surface area (Å²) in [6.07, 6.45) is 23.5. The molecule has 0 aromatic heterocycles. The van der Waals surface area contributed by atoms with Crippen LogP contribution in [0.5, 0.6) is 0 Å². The van der Waals surface area contributed by atoms with Gasteiger partial charge in [-0.25, -0.2) is 0 Å². The van der Waals surface area contributed by atoms with E-state index < -0.39 is 0 Å². The van der Waals surface area contributed by atoms with E-state index in [4.69, 9.17) is 0 Å². The minimum absolute atomic E-state index is 0.0735. The molecule has 4 fully saturated rings. The zero-order chi connectivity index (χ0) is 20.9. The molecule has 1 N–H and O–H groups in total. The molecule has 0 spiro atoms. The molecule has 30 heavy (non-hydrogen) atoms. The first kappa shape index (κ1) is 21.5. The molecule has 170 valence electrons. The molecule has 0 aromatic carbocycles. The van der Waals surface area contributed by atoms with Crippen molar-refractivity contribution < 1.29 is 5.11 Å². The molecule has 0 aromatic rings. The summed E-state index contributed by atoms with van der Waals surface area (Å²) in [4.78, 5) is 0. The van der Waals surface area contributed by atoms with Gasteiger partial charge in [-0.3, -0.25) is 0 Å². The quantitative estimate of drug-likeness (QED) is 0.465. The van der Waals surface area contributed by atoms with Crippen LogP contribution in [0.4, 0.5) is 0 Å². The second kappa shape index (κ2) is 8.24. The van der Waals surface area contributed by atoms with Gasteiger partial charge in [-0.2, -0.15) is 0 Å². The molecular weight excluding hydrogens is 364 g/mol. The zero-order valence-corrected chi connectivity index (χ0v) is 20.2. The van der Waals surface area contributed by atoms with Gasteiger partial charge in [0.15, 0.2) is 0 Å². The van der Waals surface area contributed by atoms with Crippen LogP contribution in [0.3, 0.4) is 0 Å². The Hall–Kier alpha value is -0.300. The molecule has 0 unspecified atom stereocenters. The molecule has 5 rings (SSSR count). The first-order valence-corrected chi connectivity index (χ1v) is 13.8. The van der Waals surface area contributed by atoms with Gasteiger partial charge in [0.25, 0.3) is 0 Å². The van der Waals surface area contributed by atoms with Gasteiger partial charge < -0.3 is 5.11 Å². The van der Waals surface area contributed by atoms with Crippen LogP contribution in [-0.2, 0) is 0 Å². The van der Waals surface area contributed by atoms with Crippen molar-refractivity contribution in [2.75, 3.05) is 0 Å². The van der Waals surface area contributed by atoms with Crippen molar-refractivity contribution in [3.05, 3.63) is 11.6 Å². The maximum absolute atomic E-state index is 10.2. The fourth-order valence-electron chi connectivity index (χ4n) is 9.79. The van der Waals surface area contributed by atoms with Gasteiger partial charge in [-0.1, -0.05) is 77.4 Å². The topological polar surface area (TPSA) is 20.2 Å². The molecule has 0 aliphatic heterocycles. The molecular formula is C29H48O. The normalized spacial score (nSPS) is 47.7. The fourth-order valence-corrected chi connectivity index (χ4v) is 9.79. The molecule has 0 amide bonds. The minimum atomic E-state index is -0.0735. The Balaban J connectivity index is 1.28. The second-order valence-electron chi connectivity index (χ2n) is 12.9. The minimum Gasteiger partial charge on any atom is -0.393 e. The van der Waals surface area contributed by atoms with Crippen LogP contribution in [0, 0.1) is 46.3 Å². The first-order chi connectivity index (χ1) is 14.4. The lowest BCUT2D eigenvalue weighted by atomic mass is 9.47. The van der Waals surface area contributed by atoms with Gasteiger partial charge in [-0.15, -0.1) is 0 Å². The number of aliphatic hydroxyl groups excluding tert-OH is 1. The third-order valence-electron chi connectivity index (χ3n) is 11.6. The van der Waals surface area contributed by atoms with E-state index in [1.54, 1.807) is 5.57 Å². The SMILES string of the molecule is C[C@H](CCC1CCCCC1)[C@H]1CC[C@H]2[C@@H]3CC=C4C[C@@H](O)CC[C@]4(C)[C@H]3CC[C@]12C. The third kappa shape index (κ3) is 3.54. The van der Waals surface area contributed by atoms with E-state index in [0.29, 0.717) is 10.8 Å². The Labute approximate surface area is 186 Å². The number of fused-ring (bicyclic) bond motifs is 5. The fraction of sp³-hybridized carbons (Fsp3) is 0.931. The Kier molecular flexibility index (Phi) is 5.92. The molecule has 5 aliphatic rings. The monoisotopic (exact) mass is 412 g/mol. The Morgan fingerprint density at radius 1 is 0.967 bits per heavy atom. The van der Waals surface area contributed by atoms with E-state index in [1.807, 2.05) is 0 Å². The molecule has 1 heteroatoms. The molecule has 0 bridgehead atoms. The largest absolute Gasteiger partial charge is 0.393 e. The van der Waals surface area contributed by atoms with E-state index in [0.717, 1.165) is 48.3 Å².